The average molecular weight is 321 g/mol. The van der Waals surface area contributed by atoms with Gasteiger partial charge in [-0.15, -0.1) is 0 Å². The number of benzene rings is 1. The zero-order valence-electron chi connectivity index (χ0n) is 9.35. The van der Waals surface area contributed by atoms with Crippen molar-refractivity contribution in [3.8, 4) is 0 Å². The Hall–Kier alpha value is -1.24. The molecule has 0 amide bonds. The lowest BCUT2D eigenvalue weighted by Gasteiger charge is -2.04. The normalized spacial score (nSPS) is 11.5. The van der Waals surface area contributed by atoms with Gasteiger partial charge in [-0.1, -0.05) is 11.6 Å². The van der Waals surface area contributed by atoms with Gasteiger partial charge < -0.3 is 0 Å². The Labute approximate surface area is 119 Å². The number of hydrogen-bond donors (Lipinski definition) is 0. The number of hydrogen-bond acceptors (Lipinski definition) is 4. The lowest BCUT2D eigenvalue weighted by atomic mass is 10.4. The van der Waals surface area contributed by atoms with Crippen LogP contribution in [0.4, 0.5) is 4.39 Å². The van der Waals surface area contributed by atoms with Crippen molar-refractivity contribution in [2.45, 2.75) is 10.6 Å². The van der Waals surface area contributed by atoms with E-state index in [1.807, 2.05) is 0 Å². The van der Waals surface area contributed by atoms with E-state index in [1.54, 1.807) is 0 Å². The van der Waals surface area contributed by atoms with E-state index in [1.165, 1.54) is 18.2 Å². The first-order chi connectivity index (χ1) is 8.87. The van der Waals surface area contributed by atoms with Gasteiger partial charge in [0.25, 0.3) is 0 Å². The van der Waals surface area contributed by atoms with Gasteiger partial charge in [-0.2, -0.15) is 0 Å². The SMILES string of the molecule is O=S(=O)(Cc1cc(Cl)nc(Cl)n1)c1ccc(F)cc1. The predicted molar refractivity (Wildman–Crippen MR) is 69.3 cm³/mol. The van der Waals surface area contributed by atoms with Gasteiger partial charge in [-0.25, -0.2) is 22.8 Å². The summed E-state index contributed by atoms with van der Waals surface area (Å²) in [6.45, 7) is 0. The Kier molecular flexibility index (Phi) is 4.03. The van der Waals surface area contributed by atoms with Crippen molar-refractivity contribution >= 4 is 33.0 Å². The zero-order valence-corrected chi connectivity index (χ0v) is 11.7. The summed E-state index contributed by atoms with van der Waals surface area (Å²) in [5, 5.41) is -0.0684. The highest BCUT2D eigenvalue weighted by Gasteiger charge is 2.17. The molecule has 8 heteroatoms. The van der Waals surface area contributed by atoms with Crippen molar-refractivity contribution in [3.63, 3.8) is 0 Å². The fourth-order valence-corrected chi connectivity index (χ4v) is 3.13. The van der Waals surface area contributed by atoms with Crippen LogP contribution >= 0.6 is 23.2 Å². The lowest BCUT2D eigenvalue weighted by Crippen LogP contribution is -2.07. The van der Waals surface area contributed by atoms with Crippen molar-refractivity contribution in [1.82, 2.24) is 9.97 Å². The van der Waals surface area contributed by atoms with Gasteiger partial charge in [0.05, 0.1) is 16.3 Å². The summed E-state index contributed by atoms with van der Waals surface area (Å²) in [6, 6.07) is 5.85. The van der Waals surface area contributed by atoms with Crippen LogP contribution in [0.1, 0.15) is 5.69 Å². The van der Waals surface area contributed by atoms with Gasteiger partial charge in [-0.3, -0.25) is 0 Å². The molecule has 0 aliphatic carbocycles. The number of rotatable bonds is 3. The number of sulfone groups is 1. The molecule has 0 radical (unpaired) electrons. The third-order valence-electron chi connectivity index (χ3n) is 2.23. The average Bonchev–Trinajstić information content (AvgIpc) is 2.27. The van der Waals surface area contributed by atoms with E-state index in [0.717, 1.165) is 12.1 Å². The molecule has 19 heavy (non-hydrogen) atoms. The predicted octanol–water partition coefficient (Wildman–Crippen LogP) is 2.90. The number of nitrogens with zero attached hydrogens (tertiary/aromatic N) is 2. The van der Waals surface area contributed by atoms with Crippen LogP contribution in [0.15, 0.2) is 35.2 Å². The lowest BCUT2D eigenvalue weighted by molar-refractivity contribution is 0.593. The first-order valence-corrected chi connectivity index (χ1v) is 7.45. The Morgan fingerprint density at radius 1 is 1.11 bits per heavy atom. The van der Waals surface area contributed by atoms with E-state index in [0.29, 0.717) is 0 Å². The molecular formula is C11H7Cl2FN2O2S. The first-order valence-electron chi connectivity index (χ1n) is 5.04. The Morgan fingerprint density at radius 3 is 2.32 bits per heavy atom. The fraction of sp³-hybridized carbons (Fsp3) is 0.0909. The number of halogens is 3. The largest absolute Gasteiger partial charge is 0.224 e. The molecule has 0 unspecified atom stereocenters. The maximum Gasteiger partial charge on any atom is 0.224 e. The van der Waals surface area contributed by atoms with E-state index in [-0.39, 0.29) is 26.8 Å². The maximum absolute atomic E-state index is 12.8. The molecule has 100 valence electrons. The van der Waals surface area contributed by atoms with E-state index < -0.39 is 15.7 Å². The Morgan fingerprint density at radius 2 is 1.74 bits per heavy atom. The summed E-state index contributed by atoms with van der Waals surface area (Å²) in [6.07, 6.45) is 0. The summed E-state index contributed by atoms with van der Waals surface area (Å²) in [7, 11) is -3.64. The minimum absolute atomic E-state index is 0.000225. The van der Waals surface area contributed by atoms with Crippen molar-refractivity contribution in [3.05, 3.63) is 52.3 Å². The van der Waals surface area contributed by atoms with Crippen molar-refractivity contribution in [2.24, 2.45) is 0 Å². The second-order valence-corrected chi connectivity index (χ2v) is 6.38. The van der Waals surface area contributed by atoms with E-state index in [9.17, 15) is 12.8 Å². The molecule has 0 bridgehead atoms. The van der Waals surface area contributed by atoms with E-state index >= 15 is 0 Å². The summed E-state index contributed by atoms with van der Waals surface area (Å²) < 4.78 is 36.9. The van der Waals surface area contributed by atoms with Crippen LogP contribution in [0.5, 0.6) is 0 Å². The smallest absolute Gasteiger partial charge is 0.223 e. The monoisotopic (exact) mass is 320 g/mol. The molecule has 1 aromatic carbocycles. The van der Waals surface area contributed by atoms with Crippen LogP contribution in [0, 0.1) is 5.82 Å². The van der Waals surface area contributed by atoms with Gasteiger partial charge in [0.2, 0.25) is 5.28 Å². The van der Waals surface area contributed by atoms with E-state index in [4.69, 9.17) is 23.2 Å². The molecule has 0 N–H and O–H groups in total. The van der Waals surface area contributed by atoms with Gasteiger partial charge in [0, 0.05) is 0 Å². The topological polar surface area (TPSA) is 59.9 Å². The highest BCUT2D eigenvalue weighted by atomic mass is 35.5. The minimum Gasteiger partial charge on any atom is -0.223 e. The summed E-state index contributed by atoms with van der Waals surface area (Å²) in [5.41, 5.74) is 0.175. The van der Waals surface area contributed by atoms with Crippen LogP contribution in [-0.2, 0) is 15.6 Å². The molecule has 0 atom stereocenters. The van der Waals surface area contributed by atoms with Crippen LogP contribution in [0.25, 0.3) is 0 Å². The second-order valence-electron chi connectivity index (χ2n) is 3.66. The van der Waals surface area contributed by atoms with Crippen LogP contribution in [0.3, 0.4) is 0 Å². The fourth-order valence-electron chi connectivity index (χ4n) is 1.43. The third-order valence-corrected chi connectivity index (χ3v) is 4.26. The minimum atomic E-state index is -3.64. The first kappa shape index (κ1) is 14.2. The molecule has 2 aromatic rings. The molecular weight excluding hydrogens is 314 g/mol. The standard InChI is InChI=1S/C11H7Cl2FN2O2S/c12-10-5-8(15-11(13)16-10)6-19(17,18)9-3-1-7(14)2-4-9/h1-5H,6H2. The molecule has 0 fully saturated rings. The molecule has 4 nitrogen and oxygen atoms in total. The van der Waals surface area contributed by atoms with Crippen LogP contribution in [-0.4, -0.2) is 18.4 Å². The van der Waals surface area contributed by atoms with Crippen molar-refractivity contribution < 1.29 is 12.8 Å². The molecule has 1 heterocycles. The molecule has 0 saturated heterocycles. The summed E-state index contributed by atoms with van der Waals surface area (Å²) >= 11 is 11.3. The highest BCUT2D eigenvalue weighted by Crippen LogP contribution is 2.18. The van der Waals surface area contributed by atoms with Crippen molar-refractivity contribution in [1.29, 1.82) is 0 Å². The Bertz CT molecular complexity index is 685. The third kappa shape index (κ3) is 3.62. The Balaban J connectivity index is 2.33. The van der Waals surface area contributed by atoms with Gasteiger partial charge in [-0.05, 0) is 41.9 Å². The van der Waals surface area contributed by atoms with Gasteiger partial charge >= 0.3 is 0 Å². The summed E-state index contributed by atoms with van der Waals surface area (Å²) in [5.74, 6) is -0.896. The van der Waals surface area contributed by atoms with E-state index in [2.05, 4.69) is 9.97 Å². The highest BCUT2D eigenvalue weighted by molar-refractivity contribution is 7.90. The quantitative estimate of drug-likeness (QED) is 0.495. The summed E-state index contributed by atoms with van der Waals surface area (Å²) in [4.78, 5) is 7.40. The molecule has 0 spiro atoms. The molecule has 0 saturated carbocycles. The second kappa shape index (κ2) is 5.40. The number of aromatic nitrogens is 2. The van der Waals surface area contributed by atoms with Crippen molar-refractivity contribution in [2.75, 3.05) is 0 Å². The van der Waals surface area contributed by atoms with Gasteiger partial charge in [0.1, 0.15) is 11.0 Å². The van der Waals surface area contributed by atoms with Crippen LogP contribution < -0.4 is 0 Å². The van der Waals surface area contributed by atoms with Gasteiger partial charge in [0.15, 0.2) is 9.84 Å². The zero-order chi connectivity index (χ0) is 14.0. The van der Waals surface area contributed by atoms with Crippen LogP contribution in [0.2, 0.25) is 10.4 Å². The molecule has 1 aromatic heterocycles. The molecule has 0 aliphatic heterocycles. The molecule has 0 aliphatic rings. The molecule has 2 rings (SSSR count). The maximum atomic E-state index is 12.8.